The molecule has 2 amide bonds. The second-order valence-electron chi connectivity index (χ2n) is 5.07. The van der Waals surface area contributed by atoms with Crippen LogP contribution < -0.4 is 16.0 Å². The van der Waals surface area contributed by atoms with Crippen LogP contribution in [0.2, 0.25) is 0 Å². The van der Waals surface area contributed by atoms with Crippen LogP contribution in [0.5, 0.6) is 0 Å². The summed E-state index contributed by atoms with van der Waals surface area (Å²) in [6.45, 7) is 1.90. The molecule has 1 aliphatic heterocycles. The van der Waals surface area contributed by atoms with Crippen LogP contribution in [0.1, 0.15) is 15.9 Å². The van der Waals surface area contributed by atoms with E-state index in [0.29, 0.717) is 10.9 Å². The quantitative estimate of drug-likeness (QED) is 0.508. The molecular formula is C18H13N3O2. The minimum absolute atomic E-state index is 0.202. The van der Waals surface area contributed by atoms with Gasteiger partial charge in [0.1, 0.15) is 5.57 Å². The molecule has 1 aliphatic rings. The maximum Gasteiger partial charge on any atom is 0.287 e. The van der Waals surface area contributed by atoms with Gasteiger partial charge < -0.3 is 0 Å². The molecule has 0 saturated carbocycles. The van der Waals surface area contributed by atoms with Crippen molar-refractivity contribution >= 4 is 23.8 Å². The summed E-state index contributed by atoms with van der Waals surface area (Å²) in [5.41, 5.74) is 4.03. The Morgan fingerprint density at radius 1 is 1.17 bits per heavy atom. The highest BCUT2D eigenvalue weighted by atomic mass is 16.2. The number of aryl methyl sites for hydroxylation is 1. The molecule has 0 atom stereocenters. The fourth-order valence-corrected chi connectivity index (χ4v) is 2.17. The van der Waals surface area contributed by atoms with Crippen molar-refractivity contribution in [1.29, 1.82) is 0 Å². The van der Waals surface area contributed by atoms with E-state index in [-0.39, 0.29) is 11.5 Å². The van der Waals surface area contributed by atoms with Gasteiger partial charge in [-0.15, -0.1) is 5.10 Å². The average molecular weight is 303 g/mol. The first-order chi connectivity index (χ1) is 11.1. The number of nitrogens with zero attached hydrogens (tertiary/aromatic N) is 2. The van der Waals surface area contributed by atoms with Crippen LogP contribution in [0.15, 0.2) is 64.2 Å². The number of hydrogen-bond donors (Lipinski definition) is 1. The van der Waals surface area contributed by atoms with Gasteiger partial charge in [-0.25, -0.2) is 10.4 Å². The third-order valence-electron chi connectivity index (χ3n) is 3.30. The minimum atomic E-state index is -0.433. The lowest BCUT2D eigenvalue weighted by atomic mass is 10.1. The molecule has 2 aromatic carbocycles. The third-order valence-corrected chi connectivity index (χ3v) is 3.30. The van der Waals surface area contributed by atoms with Gasteiger partial charge in [-0.2, -0.15) is 0 Å². The van der Waals surface area contributed by atoms with E-state index in [4.69, 9.17) is 0 Å². The zero-order chi connectivity index (χ0) is 16.2. The Hall–Kier alpha value is -3.30. The number of benzene rings is 2. The van der Waals surface area contributed by atoms with Crippen LogP contribution in [-0.4, -0.2) is 17.7 Å². The molecule has 0 aliphatic carbocycles. The molecule has 0 fully saturated rings. The minimum Gasteiger partial charge on any atom is -0.267 e. The van der Waals surface area contributed by atoms with E-state index in [1.54, 1.807) is 30.3 Å². The number of nitrogens with one attached hydrogen (secondary N) is 1. The molecule has 0 radical (unpaired) electrons. The Bertz CT molecular complexity index is 983. The summed E-state index contributed by atoms with van der Waals surface area (Å²) in [6.07, 6.45) is 1.65. The lowest BCUT2D eigenvalue weighted by Gasteiger charge is -2.00. The molecule has 1 N–H and O–H groups in total. The number of amides is 2. The summed E-state index contributed by atoms with van der Waals surface area (Å²) in [7, 11) is 0. The van der Waals surface area contributed by atoms with E-state index < -0.39 is 5.91 Å². The monoisotopic (exact) mass is 303 g/mol. The molecule has 5 nitrogen and oxygen atoms in total. The van der Waals surface area contributed by atoms with Gasteiger partial charge in [0.15, 0.2) is 0 Å². The molecule has 112 valence electrons. The number of fused-ring (bicyclic) bond motifs is 1. The Kier molecular flexibility index (Phi) is 3.95. The van der Waals surface area contributed by atoms with E-state index in [1.165, 1.54) is 0 Å². The predicted octanol–water partition coefficient (Wildman–Crippen LogP) is 0.876. The predicted molar refractivity (Wildman–Crippen MR) is 86.3 cm³/mol. The molecule has 5 heteroatoms. The van der Waals surface area contributed by atoms with Crippen LogP contribution in [0.25, 0.3) is 6.08 Å². The Morgan fingerprint density at radius 2 is 2.00 bits per heavy atom. The van der Waals surface area contributed by atoms with Gasteiger partial charge in [-0.3, -0.25) is 9.59 Å². The lowest BCUT2D eigenvalue weighted by molar-refractivity contribution is -0.114. The number of hydrazone groups is 1. The van der Waals surface area contributed by atoms with E-state index in [1.807, 2.05) is 31.2 Å². The maximum absolute atomic E-state index is 11.9. The second kappa shape index (κ2) is 6.22. The lowest BCUT2D eigenvalue weighted by Crippen LogP contribution is -2.30. The molecule has 3 rings (SSSR count). The zero-order valence-corrected chi connectivity index (χ0v) is 12.4. The van der Waals surface area contributed by atoms with E-state index in [2.05, 4.69) is 21.4 Å². The smallest absolute Gasteiger partial charge is 0.267 e. The number of rotatable bonds is 2. The summed E-state index contributed by atoms with van der Waals surface area (Å²) in [5.74, 6) is 1.75. The Labute approximate surface area is 132 Å². The highest BCUT2D eigenvalue weighted by Crippen LogP contribution is 2.03. The standard InChI is InChI=1S/C18H13N3O2/c1-12-5-4-7-14(9-12)18(23)21-19-11-15-10-13-6-2-3-8-16(13)20-17(15)22/h2-10H,1H3,(H,21,23). The number of carbonyl (C=O) groups excluding carboxylic acids is 2. The molecule has 23 heavy (non-hydrogen) atoms. The molecule has 2 aromatic rings. The molecule has 0 unspecified atom stereocenters. The normalized spacial score (nSPS) is 12.4. The highest BCUT2D eigenvalue weighted by Gasteiger charge is 2.09. The van der Waals surface area contributed by atoms with Crippen molar-refractivity contribution in [2.75, 3.05) is 0 Å². The third kappa shape index (κ3) is 3.31. The summed E-state index contributed by atoms with van der Waals surface area (Å²) >= 11 is 0. The van der Waals surface area contributed by atoms with Gasteiger partial charge in [0.25, 0.3) is 11.8 Å². The fraction of sp³-hybridized carbons (Fsp3) is 0.0556. The highest BCUT2D eigenvalue weighted by molar-refractivity contribution is 6.10. The number of hydrogen-bond acceptors (Lipinski definition) is 3. The SMILES string of the molecule is Cc1cccc(C(=O)NN=C=C2C=c3ccccc3=NC2=O)c1. The number of para-hydroxylation sites is 1. The topological polar surface area (TPSA) is 70.9 Å². The summed E-state index contributed by atoms with van der Waals surface area (Å²) in [6, 6.07) is 14.4. The second-order valence-corrected chi connectivity index (χ2v) is 5.07. The van der Waals surface area contributed by atoms with Crippen molar-refractivity contribution in [3.8, 4) is 0 Å². The first kappa shape index (κ1) is 14.6. The molecular weight excluding hydrogens is 290 g/mol. The molecule has 0 saturated heterocycles. The fourth-order valence-electron chi connectivity index (χ4n) is 2.17. The van der Waals surface area contributed by atoms with Crippen LogP contribution in [0, 0.1) is 6.92 Å². The van der Waals surface area contributed by atoms with Gasteiger partial charge >= 0.3 is 0 Å². The van der Waals surface area contributed by atoms with Crippen molar-refractivity contribution in [2.24, 2.45) is 10.1 Å². The van der Waals surface area contributed by atoms with E-state index >= 15 is 0 Å². The first-order valence-corrected chi connectivity index (χ1v) is 7.03. The summed E-state index contributed by atoms with van der Waals surface area (Å²) in [4.78, 5) is 27.8. The molecule has 0 bridgehead atoms. The van der Waals surface area contributed by atoms with Gasteiger partial charge in [-0.1, -0.05) is 35.9 Å². The van der Waals surface area contributed by atoms with Gasteiger partial charge in [-0.05, 0) is 31.2 Å². The zero-order valence-electron chi connectivity index (χ0n) is 12.4. The van der Waals surface area contributed by atoms with Crippen molar-refractivity contribution in [3.05, 3.63) is 75.8 Å². The van der Waals surface area contributed by atoms with Crippen molar-refractivity contribution in [2.45, 2.75) is 6.92 Å². The number of carbonyl (C=O) groups is 2. The largest absolute Gasteiger partial charge is 0.287 e. The van der Waals surface area contributed by atoms with Crippen LogP contribution in [-0.2, 0) is 4.79 Å². The van der Waals surface area contributed by atoms with Crippen molar-refractivity contribution < 1.29 is 9.59 Å². The van der Waals surface area contributed by atoms with E-state index in [9.17, 15) is 9.59 Å². The van der Waals surface area contributed by atoms with Crippen molar-refractivity contribution in [3.63, 3.8) is 0 Å². The van der Waals surface area contributed by atoms with Gasteiger partial charge in [0, 0.05) is 16.7 Å². The maximum atomic E-state index is 11.9. The van der Waals surface area contributed by atoms with Crippen LogP contribution in [0.3, 0.4) is 0 Å². The Morgan fingerprint density at radius 3 is 2.83 bits per heavy atom. The molecule has 0 spiro atoms. The Balaban J connectivity index is 1.85. The van der Waals surface area contributed by atoms with E-state index in [0.717, 1.165) is 10.8 Å². The molecule has 1 heterocycles. The van der Waals surface area contributed by atoms with Crippen molar-refractivity contribution in [1.82, 2.24) is 5.43 Å². The summed E-state index contributed by atoms with van der Waals surface area (Å²) < 4.78 is 0. The average Bonchev–Trinajstić information content (AvgIpc) is 2.55. The van der Waals surface area contributed by atoms with Gasteiger partial charge in [0.2, 0.25) is 0 Å². The van der Waals surface area contributed by atoms with Crippen LogP contribution >= 0.6 is 0 Å². The van der Waals surface area contributed by atoms with Crippen LogP contribution in [0.4, 0.5) is 0 Å². The van der Waals surface area contributed by atoms with Gasteiger partial charge in [0.05, 0.1) is 5.36 Å². The molecule has 0 aromatic heterocycles. The summed E-state index contributed by atoms with van der Waals surface area (Å²) in [5, 5.41) is 5.16. The first-order valence-electron chi connectivity index (χ1n) is 7.03.